The average molecular weight is 450 g/mol. The van der Waals surface area contributed by atoms with Gasteiger partial charge in [0.2, 0.25) is 0 Å². The minimum absolute atomic E-state index is 0.160. The highest BCUT2D eigenvalue weighted by Gasteiger charge is 2.23. The van der Waals surface area contributed by atoms with Crippen LogP contribution in [0.4, 0.5) is 11.5 Å². The van der Waals surface area contributed by atoms with Crippen LogP contribution < -0.4 is 19.7 Å². The van der Waals surface area contributed by atoms with E-state index >= 15 is 0 Å². The number of carbonyl (C=O) groups is 1. The maximum atomic E-state index is 12.6. The number of nitrogens with zero attached hydrogens (tertiary/aromatic N) is 2. The van der Waals surface area contributed by atoms with Crippen molar-refractivity contribution in [2.45, 2.75) is 26.1 Å². The van der Waals surface area contributed by atoms with Gasteiger partial charge in [0.25, 0.3) is 5.91 Å². The van der Waals surface area contributed by atoms with Crippen LogP contribution in [0.25, 0.3) is 0 Å². The molecule has 2 aromatic rings. The number of amides is 1. The number of benzene rings is 1. The lowest BCUT2D eigenvalue weighted by atomic mass is 10.2. The number of aromatic nitrogens is 1. The highest BCUT2D eigenvalue weighted by molar-refractivity contribution is 9.10. The number of halogens is 1. The number of pyridine rings is 1. The van der Waals surface area contributed by atoms with Gasteiger partial charge in [-0.3, -0.25) is 4.79 Å². The standard InChI is InChI=1S/C20H24BrN3O4/c1-12-10-24(11-13(2)28-12)18-6-5-15(9-22-18)23-20(25)14-7-16(26-3)19(21)17(8-14)27-4/h5-9,12-13H,10-11H2,1-4H3,(H,23,25). The largest absolute Gasteiger partial charge is 0.495 e. The average Bonchev–Trinajstić information content (AvgIpc) is 2.68. The smallest absolute Gasteiger partial charge is 0.255 e. The second kappa shape index (κ2) is 8.79. The fourth-order valence-corrected chi connectivity index (χ4v) is 3.77. The molecule has 1 fully saturated rings. The molecule has 2 atom stereocenters. The molecular weight excluding hydrogens is 426 g/mol. The van der Waals surface area contributed by atoms with Gasteiger partial charge in [-0.25, -0.2) is 4.98 Å². The zero-order valence-electron chi connectivity index (χ0n) is 16.4. The van der Waals surface area contributed by atoms with E-state index in [1.807, 2.05) is 12.1 Å². The first-order chi connectivity index (χ1) is 13.4. The van der Waals surface area contributed by atoms with Crippen LogP contribution in [-0.4, -0.2) is 50.4 Å². The molecule has 0 saturated carbocycles. The topological polar surface area (TPSA) is 72.9 Å². The van der Waals surface area contributed by atoms with Crippen LogP contribution in [0, 0.1) is 0 Å². The van der Waals surface area contributed by atoms with Crippen molar-refractivity contribution in [3.8, 4) is 11.5 Å². The van der Waals surface area contributed by atoms with Gasteiger partial charge in [0, 0.05) is 18.7 Å². The zero-order chi connectivity index (χ0) is 20.3. The Balaban J connectivity index is 1.73. The van der Waals surface area contributed by atoms with E-state index in [4.69, 9.17) is 14.2 Å². The molecule has 1 amide bonds. The molecule has 2 unspecified atom stereocenters. The maximum Gasteiger partial charge on any atom is 0.255 e. The number of nitrogens with one attached hydrogen (secondary N) is 1. The molecule has 0 spiro atoms. The van der Waals surface area contributed by atoms with Crippen LogP contribution in [0.2, 0.25) is 0 Å². The van der Waals surface area contributed by atoms with Crippen molar-refractivity contribution in [1.82, 2.24) is 4.98 Å². The first-order valence-corrected chi connectivity index (χ1v) is 9.80. The lowest BCUT2D eigenvalue weighted by molar-refractivity contribution is -0.00545. The van der Waals surface area contributed by atoms with E-state index in [0.717, 1.165) is 18.9 Å². The third-order valence-electron chi connectivity index (χ3n) is 4.46. The fraction of sp³-hybridized carbons (Fsp3) is 0.400. The summed E-state index contributed by atoms with van der Waals surface area (Å²) in [6.07, 6.45) is 1.98. The predicted octanol–water partition coefficient (Wildman–Crippen LogP) is 3.73. The van der Waals surface area contributed by atoms with Crippen molar-refractivity contribution in [2.75, 3.05) is 37.5 Å². The Kier molecular flexibility index (Phi) is 6.41. The normalized spacial score (nSPS) is 19.2. The van der Waals surface area contributed by atoms with E-state index in [9.17, 15) is 4.79 Å². The number of hydrogen-bond donors (Lipinski definition) is 1. The first kappa shape index (κ1) is 20.4. The van der Waals surface area contributed by atoms with Gasteiger partial charge in [0.1, 0.15) is 21.8 Å². The molecule has 0 aliphatic carbocycles. The third kappa shape index (κ3) is 4.56. The Morgan fingerprint density at radius 2 is 1.79 bits per heavy atom. The molecule has 1 N–H and O–H groups in total. The molecule has 1 saturated heterocycles. The Morgan fingerprint density at radius 3 is 2.29 bits per heavy atom. The van der Waals surface area contributed by atoms with Crippen LogP contribution >= 0.6 is 15.9 Å². The van der Waals surface area contributed by atoms with Crippen molar-refractivity contribution in [2.24, 2.45) is 0 Å². The lowest BCUT2D eigenvalue weighted by Gasteiger charge is -2.36. The molecule has 28 heavy (non-hydrogen) atoms. The summed E-state index contributed by atoms with van der Waals surface area (Å²) < 4.78 is 17.0. The van der Waals surface area contributed by atoms with E-state index < -0.39 is 0 Å². The van der Waals surface area contributed by atoms with Crippen molar-refractivity contribution in [3.63, 3.8) is 0 Å². The summed E-state index contributed by atoms with van der Waals surface area (Å²) in [5, 5.41) is 2.86. The van der Waals surface area contributed by atoms with Crippen LogP contribution in [0.3, 0.4) is 0 Å². The van der Waals surface area contributed by atoms with Crippen molar-refractivity contribution >= 4 is 33.3 Å². The molecule has 2 heterocycles. The van der Waals surface area contributed by atoms with Gasteiger partial charge in [-0.05, 0) is 54.0 Å². The minimum atomic E-state index is -0.271. The van der Waals surface area contributed by atoms with E-state index in [1.165, 1.54) is 14.2 Å². The molecule has 1 aliphatic heterocycles. The van der Waals surface area contributed by atoms with Crippen molar-refractivity contribution in [3.05, 3.63) is 40.5 Å². The van der Waals surface area contributed by atoms with E-state index in [2.05, 4.69) is 45.0 Å². The zero-order valence-corrected chi connectivity index (χ0v) is 17.9. The summed E-state index contributed by atoms with van der Waals surface area (Å²) in [6.45, 7) is 5.69. The van der Waals surface area contributed by atoms with Gasteiger partial charge in [-0.2, -0.15) is 0 Å². The number of morpholine rings is 1. The molecular formula is C20H24BrN3O4. The van der Waals surface area contributed by atoms with E-state index in [-0.39, 0.29) is 18.1 Å². The Bertz CT molecular complexity index is 809. The summed E-state index contributed by atoms with van der Waals surface area (Å²) >= 11 is 3.40. The number of hydrogen-bond acceptors (Lipinski definition) is 6. The SMILES string of the molecule is COc1cc(C(=O)Nc2ccc(N3CC(C)OC(C)C3)nc2)cc(OC)c1Br. The molecule has 7 nitrogen and oxygen atoms in total. The first-order valence-electron chi connectivity index (χ1n) is 9.00. The van der Waals surface area contributed by atoms with Gasteiger partial charge >= 0.3 is 0 Å². The molecule has 8 heteroatoms. The Hall–Kier alpha value is -2.32. The predicted molar refractivity (Wildman–Crippen MR) is 112 cm³/mol. The molecule has 150 valence electrons. The molecule has 0 radical (unpaired) electrons. The maximum absolute atomic E-state index is 12.6. The molecule has 0 bridgehead atoms. The number of anilines is 2. The summed E-state index contributed by atoms with van der Waals surface area (Å²) in [7, 11) is 3.08. The summed E-state index contributed by atoms with van der Waals surface area (Å²) in [5.74, 6) is 1.64. The fourth-order valence-electron chi connectivity index (χ4n) is 3.22. The summed E-state index contributed by atoms with van der Waals surface area (Å²) in [4.78, 5) is 19.3. The highest BCUT2D eigenvalue weighted by Crippen LogP contribution is 2.35. The van der Waals surface area contributed by atoms with E-state index in [1.54, 1.807) is 18.3 Å². The molecule has 1 aromatic heterocycles. The minimum Gasteiger partial charge on any atom is -0.495 e. The third-order valence-corrected chi connectivity index (χ3v) is 5.24. The molecule has 1 aliphatic rings. The number of carbonyl (C=O) groups excluding carboxylic acids is 1. The van der Waals surface area contributed by atoms with Crippen LogP contribution in [0.15, 0.2) is 34.9 Å². The van der Waals surface area contributed by atoms with Crippen molar-refractivity contribution in [1.29, 1.82) is 0 Å². The van der Waals surface area contributed by atoms with Gasteiger partial charge in [0.15, 0.2) is 0 Å². The highest BCUT2D eigenvalue weighted by atomic mass is 79.9. The monoisotopic (exact) mass is 449 g/mol. The van der Waals surface area contributed by atoms with Gasteiger partial charge in [-0.1, -0.05) is 0 Å². The summed E-state index contributed by atoms with van der Waals surface area (Å²) in [6, 6.07) is 7.06. The second-order valence-corrected chi connectivity index (χ2v) is 7.51. The van der Waals surface area contributed by atoms with Crippen LogP contribution in [0.5, 0.6) is 11.5 Å². The van der Waals surface area contributed by atoms with Crippen LogP contribution in [-0.2, 0) is 4.74 Å². The second-order valence-electron chi connectivity index (χ2n) is 6.72. The van der Waals surface area contributed by atoms with E-state index in [0.29, 0.717) is 27.2 Å². The Labute approximate surface area is 173 Å². The lowest BCUT2D eigenvalue weighted by Crippen LogP contribution is -2.45. The molecule has 1 aromatic carbocycles. The number of methoxy groups -OCH3 is 2. The summed E-state index contributed by atoms with van der Waals surface area (Å²) in [5.41, 5.74) is 1.04. The van der Waals surface area contributed by atoms with Crippen molar-refractivity contribution < 1.29 is 19.0 Å². The van der Waals surface area contributed by atoms with Gasteiger partial charge < -0.3 is 24.4 Å². The number of ether oxygens (including phenoxy) is 3. The quantitative estimate of drug-likeness (QED) is 0.749. The molecule has 3 rings (SSSR count). The number of rotatable bonds is 5. The Morgan fingerprint density at radius 1 is 1.18 bits per heavy atom. The van der Waals surface area contributed by atoms with Gasteiger partial charge in [0.05, 0.1) is 38.3 Å². The van der Waals surface area contributed by atoms with Gasteiger partial charge in [-0.15, -0.1) is 0 Å². The van der Waals surface area contributed by atoms with Crippen LogP contribution in [0.1, 0.15) is 24.2 Å².